The molecule has 1 aliphatic rings. The number of benzene rings is 1. The lowest BCUT2D eigenvalue weighted by Crippen LogP contribution is -2.26. The Morgan fingerprint density at radius 2 is 2.06 bits per heavy atom. The molecule has 0 saturated heterocycles. The molecule has 0 aromatic heterocycles. The average molecular weight is 245 g/mol. The molecular formula is C17H27N. The van der Waals surface area contributed by atoms with Gasteiger partial charge >= 0.3 is 0 Å². The molecular weight excluding hydrogens is 218 g/mol. The molecule has 0 heterocycles. The first-order valence-corrected chi connectivity index (χ1v) is 7.52. The highest BCUT2D eigenvalue weighted by Gasteiger charge is 2.19. The summed E-state index contributed by atoms with van der Waals surface area (Å²) in [5, 5.41) is 0. The van der Waals surface area contributed by atoms with Crippen LogP contribution < -0.4 is 5.73 Å². The van der Waals surface area contributed by atoms with Gasteiger partial charge < -0.3 is 5.73 Å². The molecule has 0 aliphatic heterocycles. The van der Waals surface area contributed by atoms with Crippen molar-refractivity contribution >= 4 is 0 Å². The monoisotopic (exact) mass is 245 g/mol. The van der Waals surface area contributed by atoms with Gasteiger partial charge in [-0.1, -0.05) is 44.5 Å². The summed E-state index contributed by atoms with van der Waals surface area (Å²) in [6, 6.07) is 9.39. The Bertz CT molecular complexity index is 370. The van der Waals surface area contributed by atoms with Crippen molar-refractivity contribution in [2.75, 3.05) is 0 Å². The molecule has 1 aromatic carbocycles. The zero-order valence-electron chi connectivity index (χ0n) is 11.9. The summed E-state index contributed by atoms with van der Waals surface area (Å²) in [6.07, 6.45) is 7.77. The maximum atomic E-state index is 6.13. The van der Waals surface area contributed by atoms with Gasteiger partial charge in [-0.2, -0.15) is 0 Å². The van der Waals surface area contributed by atoms with E-state index in [1.165, 1.54) is 38.5 Å². The molecule has 18 heavy (non-hydrogen) atoms. The van der Waals surface area contributed by atoms with Crippen LogP contribution in [0, 0.1) is 5.92 Å². The first kappa shape index (κ1) is 13.6. The predicted molar refractivity (Wildman–Crippen MR) is 78.8 cm³/mol. The van der Waals surface area contributed by atoms with E-state index >= 15 is 0 Å². The summed E-state index contributed by atoms with van der Waals surface area (Å²) < 4.78 is 0. The van der Waals surface area contributed by atoms with E-state index in [0.717, 1.165) is 5.92 Å². The van der Waals surface area contributed by atoms with Crippen LogP contribution in [-0.2, 0) is 6.42 Å². The van der Waals surface area contributed by atoms with Gasteiger partial charge in [0.25, 0.3) is 0 Å². The summed E-state index contributed by atoms with van der Waals surface area (Å²) in [4.78, 5) is 0. The number of nitrogens with two attached hydrogens (primary N) is 1. The molecule has 2 N–H and O–H groups in total. The maximum absolute atomic E-state index is 6.13. The molecule has 1 aliphatic carbocycles. The summed E-state index contributed by atoms with van der Waals surface area (Å²) in [5.74, 6) is 1.40. The van der Waals surface area contributed by atoms with Gasteiger partial charge in [-0.25, -0.2) is 0 Å². The van der Waals surface area contributed by atoms with E-state index in [9.17, 15) is 0 Å². The van der Waals surface area contributed by atoms with Crippen LogP contribution in [0.15, 0.2) is 24.3 Å². The van der Waals surface area contributed by atoms with Crippen molar-refractivity contribution in [1.29, 1.82) is 0 Å². The molecule has 2 rings (SSSR count). The SMILES string of the molecule is CC(C)C(N)CCCC1CCCc2ccccc21. The Kier molecular flexibility index (Phi) is 4.82. The van der Waals surface area contributed by atoms with E-state index in [2.05, 4.69) is 38.1 Å². The van der Waals surface area contributed by atoms with Gasteiger partial charge in [0.2, 0.25) is 0 Å². The van der Waals surface area contributed by atoms with E-state index in [0.29, 0.717) is 12.0 Å². The van der Waals surface area contributed by atoms with Crippen molar-refractivity contribution in [3.8, 4) is 0 Å². The molecule has 1 nitrogen and oxygen atoms in total. The van der Waals surface area contributed by atoms with Gasteiger partial charge in [0, 0.05) is 6.04 Å². The van der Waals surface area contributed by atoms with Gasteiger partial charge in [-0.15, -0.1) is 0 Å². The summed E-state index contributed by atoms with van der Waals surface area (Å²) in [5.41, 5.74) is 9.32. The fraction of sp³-hybridized carbons (Fsp3) is 0.647. The number of aryl methyl sites for hydroxylation is 1. The second-order valence-electron chi connectivity index (χ2n) is 6.13. The van der Waals surface area contributed by atoms with Crippen LogP contribution in [0.2, 0.25) is 0 Å². The largest absolute Gasteiger partial charge is 0.327 e. The topological polar surface area (TPSA) is 26.0 Å². The Balaban J connectivity index is 1.88. The molecule has 0 fully saturated rings. The van der Waals surface area contributed by atoms with Crippen molar-refractivity contribution in [3.05, 3.63) is 35.4 Å². The maximum Gasteiger partial charge on any atom is 0.00618 e. The average Bonchev–Trinajstić information content (AvgIpc) is 2.38. The molecule has 100 valence electrons. The molecule has 0 radical (unpaired) electrons. The zero-order valence-corrected chi connectivity index (χ0v) is 11.9. The van der Waals surface area contributed by atoms with Crippen molar-refractivity contribution in [1.82, 2.24) is 0 Å². The van der Waals surface area contributed by atoms with Crippen molar-refractivity contribution in [2.45, 2.75) is 64.3 Å². The highest BCUT2D eigenvalue weighted by Crippen LogP contribution is 2.35. The van der Waals surface area contributed by atoms with E-state index in [1.807, 2.05) is 0 Å². The summed E-state index contributed by atoms with van der Waals surface area (Å²) in [6.45, 7) is 4.45. The van der Waals surface area contributed by atoms with Crippen LogP contribution in [0.25, 0.3) is 0 Å². The second-order valence-corrected chi connectivity index (χ2v) is 6.13. The molecule has 2 atom stereocenters. The molecule has 1 aromatic rings. The number of hydrogen-bond donors (Lipinski definition) is 1. The lowest BCUT2D eigenvalue weighted by molar-refractivity contribution is 0.421. The van der Waals surface area contributed by atoms with Gasteiger partial charge in [-0.05, 0) is 55.1 Å². The third-order valence-electron chi connectivity index (χ3n) is 4.44. The summed E-state index contributed by atoms with van der Waals surface area (Å²) >= 11 is 0. The van der Waals surface area contributed by atoms with Crippen molar-refractivity contribution < 1.29 is 0 Å². The normalized spacial score (nSPS) is 20.8. The van der Waals surface area contributed by atoms with E-state index in [1.54, 1.807) is 11.1 Å². The molecule has 0 amide bonds. The zero-order chi connectivity index (χ0) is 13.0. The van der Waals surface area contributed by atoms with Gasteiger partial charge in [0.1, 0.15) is 0 Å². The van der Waals surface area contributed by atoms with Crippen molar-refractivity contribution in [2.24, 2.45) is 11.7 Å². The van der Waals surface area contributed by atoms with Crippen LogP contribution in [0.1, 0.15) is 63.0 Å². The molecule has 0 saturated carbocycles. The van der Waals surface area contributed by atoms with Gasteiger partial charge in [0.15, 0.2) is 0 Å². The van der Waals surface area contributed by atoms with Crippen molar-refractivity contribution in [3.63, 3.8) is 0 Å². The minimum absolute atomic E-state index is 0.379. The predicted octanol–water partition coefficient (Wildman–Crippen LogP) is 4.26. The number of fused-ring (bicyclic) bond motifs is 1. The Labute approximate surface area is 112 Å². The number of rotatable bonds is 5. The number of hydrogen-bond acceptors (Lipinski definition) is 1. The van der Waals surface area contributed by atoms with E-state index < -0.39 is 0 Å². The first-order chi connectivity index (χ1) is 8.68. The third-order valence-corrected chi connectivity index (χ3v) is 4.44. The van der Waals surface area contributed by atoms with Gasteiger partial charge in [-0.3, -0.25) is 0 Å². The van der Waals surface area contributed by atoms with Crippen LogP contribution in [0.4, 0.5) is 0 Å². The van der Waals surface area contributed by atoms with Crippen LogP contribution in [0.3, 0.4) is 0 Å². The second kappa shape index (κ2) is 6.38. The Morgan fingerprint density at radius 1 is 1.28 bits per heavy atom. The fourth-order valence-corrected chi connectivity index (χ4v) is 3.09. The smallest absolute Gasteiger partial charge is 0.00618 e. The third kappa shape index (κ3) is 3.35. The van der Waals surface area contributed by atoms with E-state index in [4.69, 9.17) is 5.73 Å². The first-order valence-electron chi connectivity index (χ1n) is 7.52. The molecule has 0 bridgehead atoms. The quantitative estimate of drug-likeness (QED) is 0.824. The van der Waals surface area contributed by atoms with Crippen LogP contribution in [0.5, 0.6) is 0 Å². The Hall–Kier alpha value is -0.820. The van der Waals surface area contributed by atoms with E-state index in [-0.39, 0.29) is 0 Å². The Morgan fingerprint density at radius 3 is 2.83 bits per heavy atom. The minimum Gasteiger partial charge on any atom is -0.327 e. The molecule has 1 heteroatoms. The molecule has 0 spiro atoms. The van der Waals surface area contributed by atoms with Gasteiger partial charge in [0.05, 0.1) is 0 Å². The fourth-order valence-electron chi connectivity index (χ4n) is 3.09. The standard InChI is InChI=1S/C17H27N/c1-13(2)17(18)12-6-10-15-9-5-8-14-7-3-4-11-16(14)15/h3-4,7,11,13,15,17H,5-6,8-10,12,18H2,1-2H3. The summed E-state index contributed by atoms with van der Waals surface area (Å²) in [7, 11) is 0. The lowest BCUT2D eigenvalue weighted by Gasteiger charge is -2.26. The van der Waals surface area contributed by atoms with Crippen LogP contribution in [-0.4, -0.2) is 6.04 Å². The highest BCUT2D eigenvalue weighted by atomic mass is 14.6. The highest BCUT2D eigenvalue weighted by molar-refractivity contribution is 5.32. The molecule has 2 unspecified atom stereocenters. The van der Waals surface area contributed by atoms with Crippen LogP contribution >= 0.6 is 0 Å². The minimum atomic E-state index is 0.379. The lowest BCUT2D eigenvalue weighted by atomic mass is 9.80.